The summed E-state index contributed by atoms with van der Waals surface area (Å²) in [4.78, 5) is 12.2. The number of amides is 1. The summed E-state index contributed by atoms with van der Waals surface area (Å²) in [6, 6.07) is 7.28. The van der Waals surface area contributed by atoms with Crippen molar-refractivity contribution in [3.63, 3.8) is 0 Å². The molecule has 0 spiro atoms. The van der Waals surface area contributed by atoms with E-state index in [2.05, 4.69) is 4.72 Å². The minimum Gasteiger partial charge on any atom is -0.488 e. The third kappa shape index (κ3) is 4.11. The van der Waals surface area contributed by atoms with E-state index in [4.69, 9.17) is 9.47 Å². The highest BCUT2D eigenvalue weighted by molar-refractivity contribution is 7.90. The molecule has 6 nitrogen and oxygen atoms in total. The van der Waals surface area contributed by atoms with E-state index in [0.717, 1.165) is 18.4 Å². The lowest BCUT2D eigenvalue weighted by molar-refractivity contribution is -0.116. The van der Waals surface area contributed by atoms with Crippen molar-refractivity contribution in [1.82, 2.24) is 4.72 Å². The molecule has 0 saturated carbocycles. The minimum absolute atomic E-state index is 0.0539. The molecule has 1 saturated heterocycles. The lowest BCUT2D eigenvalue weighted by atomic mass is 10.1. The predicted molar refractivity (Wildman–Crippen MR) is 85.4 cm³/mol. The Labute approximate surface area is 135 Å². The molecule has 1 amide bonds. The molecular weight excluding hydrogens is 318 g/mol. The zero-order chi connectivity index (χ0) is 16.3. The molecule has 1 unspecified atom stereocenters. The van der Waals surface area contributed by atoms with E-state index in [1.54, 1.807) is 12.1 Å². The Kier molecular flexibility index (Phi) is 4.68. The SMILES string of the molecule is O=C(NS(=O)(=O)CC1CCCCO1)C1=Cc2ccccc2OC1. The Morgan fingerprint density at radius 3 is 2.87 bits per heavy atom. The lowest BCUT2D eigenvalue weighted by Crippen LogP contribution is -2.39. The highest BCUT2D eigenvalue weighted by Crippen LogP contribution is 2.25. The van der Waals surface area contributed by atoms with E-state index in [1.807, 2.05) is 18.2 Å². The van der Waals surface area contributed by atoms with Crippen LogP contribution in [0.4, 0.5) is 0 Å². The topological polar surface area (TPSA) is 81.7 Å². The summed E-state index contributed by atoms with van der Waals surface area (Å²) in [5.74, 6) is -0.151. The molecular formula is C16H19NO5S. The Balaban J connectivity index is 1.66. The van der Waals surface area contributed by atoms with Gasteiger partial charge in [0.1, 0.15) is 12.4 Å². The van der Waals surface area contributed by atoms with Crippen molar-refractivity contribution in [3.8, 4) is 5.75 Å². The second-order valence-corrected chi connectivity index (χ2v) is 7.46. The maximum Gasteiger partial charge on any atom is 0.264 e. The molecule has 1 aromatic carbocycles. The Hall–Kier alpha value is -1.86. The molecule has 124 valence electrons. The zero-order valence-corrected chi connectivity index (χ0v) is 13.5. The molecule has 1 atom stereocenters. The number of sulfonamides is 1. The Bertz CT molecular complexity index is 720. The summed E-state index contributed by atoms with van der Waals surface area (Å²) < 4.78 is 37.2. The third-order valence-corrected chi connectivity index (χ3v) is 5.16. The van der Waals surface area contributed by atoms with E-state index in [0.29, 0.717) is 18.8 Å². The number of carbonyl (C=O) groups excluding carboxylic acids is 1. The monoisotopic (exact) mass is 337 g/mol. The van der Waals surface area contributed by atoms with E-state index in [-0.39, 0.29) is 24.0 Å². The highest BCUT2D eigenvalue weighted by atomic mass is 32.2. The molecule has 3 rings (SSSR count). The number of fused-ring (bicyclic) bond motifs is 1. The number of para-hydroxylation sites is 1. The normalized spacial score (nSPS) is 20.9. The summed E-state index contributed by atoms with van der Waals surface area (Å²) in [6.45, 7) is 0.627. The molecule has 2 aliphatic rings. The van der Waals surface area contributed by atoms with Gasteiger partial charge in [0.2, 0.25) is 10.0 Å². The van der Waals surface area contributed by atoms with E-state index in [1.165, 1.54) is 0 Å². The fourth-order valence-electron chi connectivity index (χ4n) is 2.68. The molecule has 0 aromatic heterocycles. The van der Waals surface area contributed by atoms with Crippen molar-refractivity contribution < 1.29 is 22.7 Å². The largest absolute Gasteiger partial charge is 0.488 e. The number of hydrogen-bond acceptors (Lipinski definition) is 5. The first-order valence-electron chi connectivity index (χ1n) is 7.62. The van der Waals surface area contributed by atoms with Gasteiger partial charge in [-0.05, 0) is 31.4 Å². The van der Waals surface area contributed by atoms with Crippen LogP contribution in [0.5, 0.6) is 5.75 Å². The van der Waals surface area contributed by atoms with Crippen molar-refractivity contribution in [1.29, 1.82) is 0 Å². The van der Waals surface area contributed by atoms with Crippen LogP contribution < -0.4 is 9.46 Å². The molecule has 7 heteroatoms. The van der Waals surface area contributed by atoms with Crippen LogP contribution in [0.3, 0.4) is 0 Å². The summed E-state index contributed by atoms with van der Waals surface area (Å²) in [6.07, 6.45) is 3.91. The van der Waals surface area contributed by atoms with Crippen molar-refractivity contribution >= 4 is 22.0 Å². The first-order valence-corrected chi connectivity index (χ1v) is 9.27. The third-order valence-electron chi connectivity index (χ3n) is 3.85. The number of ether oxygens (including phenoxy) is 2. The van der Waals surface area contributed by atoms with Crippen LogP contribution in [0.15, 0.2) is 29.8 Å². The van der Waals surface area contributed by atoms with Crippen molar-refractivity contribution in [2.75, 3.05) is 19.0 Å². The van der Waals surface area contributed by atoms with E-state index < -0.39 is 15.9 Å². The van der Waals surface area contributed by atoms with Gasteiger partial charge in [0, 0.05) is 12.2 Å². The van der Waals surface area contributed by atoms with Gasteiger partial charge in [-0.15, -0.1) is 0 Å². The maximum atomic E-state index is 12.2. The van der Waals surface area contributed by atoms with Gasteiger partial charge in [-0.25, -0.2) is 13.1 Å². The average molecular weight is 337 g/mol. The zero-order valence-electron chi connectivity index (χ0n) is 12.7. The van der Waals surface area contributed by atoms with Gasteiger partial charge in [0.25, 0.3) is 5.91 Å². The smallest absolute Gasteiger partial charge is 0.264 e. The first kappa shape index (κ1) is 16.0. The highest BCUT2D eigenvalue weighted by Gasteiger charge is 2.26. The van der Waals surface area contributed by atoms with Crippen LogP contribution in [0.25, 0.3) is 6.08 Å². The maximum absolute atomic E-state index is 12.2. The molecule has 0 bridgehead atoms. The van der Waals surface area contributed by atoms with E-state index >= 15 is 0 Å². The second-order valence-electron chi connectivity index (χ2n) is 5.70. The fourth-order valence-corrected chi connectivity index (χ4v) is 3.93. The van der Waals surface area contributed by atoms with Crippen LogP contribution in [-0.2, 0) is 19.6 Å². The molecule has 23 heavy (non-hydrogen) atoms. The molecule has 2 aliphatic heterocycles. The van der Waals surface area contributed by atoms with Crippen LogP contribution in [0.2, 0.25) is 0 Å². The molecule has 0 radical (unpaired) electrons. The van der Waals surface area contributed by atoms with Crippen molar-refractivity contribution in [2.45, 2.75) is 25.4 Å². The van der Waals surface area contributed by atoms with Gasteiger partial charge in [0.05, 0.1) is 17.4 Å². The number of rotatable bonds is 4. The second kappa shape index (κ2) is 6.72. The number of benzene rings is 1. The van der Waals surface area contributed by atoms with Crippen LogP contribution in [-0.4, -0.2) is 39.4 Å². The Morgan fingerprint density at radius 2 is 2.09 bits per heavy atom. The van der Waals surface area contributed by atoms with Crippen molar-refractivity contribution in [2.24, 2.45) is 0 Å². The van der Waals surface area contributed by atoms with Gasteiger partial charge >= 0.3 is 0 Å². The number of hydrogen-bond donors (Lipinski definition) is 1. The molecule has 1 aromatic rings. The van der Waals surface area contributed by atoms with Gasteiger partial charge in [-0.3, -0.25) is 4.79 Å². The average Bonchev–Trinajstić information content (AvgIpc) is 2.54. The summed E-state index contributed by atoms with van der Waals surface area (Å²) in [5.41, 5.74) is 1.05. The van der Waals surface area contributed by atoms with Gasteiger partial charge in [0.15, 0.2) is 0 Å². The van der Waals surface area contributed by atoms with Gasteiger partial charge in [-0.2, -0.15) is 0 Å². The molecule has 0 aliphatic carbocycles. The van der Waals surface area contributed by atoms with E-state index in [9.17, 15) is 13.2 Å². The molecule has 1 N–H and O–H groups in total. The van der Waals surface area contributed by atoms with Crippen LogP contribution in [0.1, 0.15) is 24.8 Å². The van der Waals surface area contributed by atoms with Gasteiger partial charge in [-0.1, -0.05) is 18.2 Å². The lowest BCUT2D eigenvalue weighted by Gasteiger charge is -2.22. The number of nitrogens with one attached hydrogen (secondary N) is 1. The van der Waals surface area contributed by atoms with Crippen molar-refractivity contribution in [3.05, 3.63) is 35.4 Å². The van der Waals surface area contributed by atoms with Crippen LogP contribution in [0, 0.1) is 0 Å². The number of carbonyl (C=O) groups is 1. The summed E-state index contributed by atoms with van der Waals surface area (Å²) in [5, 5.41) is 0. The summed E-state index contributed by atoms with van der Waals surface area (Å²) >= 11 is 0. The predicted octanol–water partition coefficient (Wildman–Crippen LogP) is 1.48. The van der Waals surface area contributed by atoms with Crippen LogP contribution >= 0.6 is 0 Å². The Morgan fingerprint density at radius 1 is 1.26 bits per heavy atom. The quantitative estimate of drug-likeness (QED) is 0.900. The molecule has 2 heterocycles. The molecule has 1 fully saturated rings. The standard InChI is InChI=1S/C16H19NO5S/c18-16(13-9-12-5-1-2-7-15(12)22-10-13)17-23(19,20)11-14-6-3-4-8-21-14/h1-2,5,7,9,14H,3-4,6,8,10-11H2,(H,17,18). The summed E-state index contributed by atoms with van der Waals surface area (Å²) in [7, 11) is -3.73. The minimum atomic E-state index is -3.73. The fraction of sp³-hybridized carbons (Fsp3) is 0.438. The first-order chi connectivity index (χ1) is 11.0. The van der Waals surface area contributed by atoms with Gasteiger partial charge < -0.3 is 9.47 Å².